The van der Waals surface area contributed by atoms with E-state index in [-0.39, 0.29) is 16.9 Å². The number of fused-ring (bicyclic) bond motifs is 4. The van der Waals surface area contributed by atoms with Gasteiger partial charge >= 0.3 is 0 Å². The molecule has 39 heavy (non-hydrogen) atoms. The monoisotopic (exact) mass is 527 g/mol. The summed E-state index contributed by atoms with van der Waals surface area (Å²) in [4.78, 5) is 4.57. The number of hydrogen-bond donors (Lipinski definition) is 1. The van der Waals surface area contributed by atoms with Gasteiger partial charge in [0, 0.05) is 47.0 Å². The van der Waals surface area contributed by atoms with E-state index in [0.717, 1.165) is 52.8 Å². The van der Waals surface area contributed by atoms with Crippen molar-refractivity contribution in [1.82, 2.24) is 4.98 Å². The Morgan fingerprint density at radius 2 is 1.74 bits per heavy atom. The van der Waals surface area contributed by atoms with E-state index in [2.05, 4.69) is 77.4 Å². The molecule has 2 bridgehead atoms. The number of aliphatic hydroxyl groups is 1. The largest absolute Gasteiger partial charge is 0.496 e. The van der Waals surface area contributed by atoms with E-state index in [1.165, 1.54) is 23.1 Å². The van der Waals surface area contributed by atoms with E-state index in [4.69, 9.17) is 4.74 Å². The highest BCUT2D eigenvalue weighted by molar-refractivity contribution is 5.82. The summed E-state index contributed by atoms with van der Waals surface area (Å²) in [5.41, 5.74) is 5.71. The van der Waals surface area contributed by atoms with Crippen molar-refractivity contribution in [3.8, 4) is 5.75 Å². The fourth-order valence-corrected chi connectivity index (χ4v) is 7.44. The highest BCUT2D eigenvalue weighted by atomic mass is 16.5. The van der Waals surface area contributed by atoms with E-state index in [1.807, 2.05) is 30.5 Å². The molecule has 1 N–H and O–H groups in total. The van der Waals surface area contributed by atoms with Crippen molar-refractivity contribution in [2.45, 2.75) is 83.9 Å². The van der Waals surface area contributed by atoms with Gasteiger partial charge in [0.05, 0.1) is 25.7 Å². The first-order valence-corrected chi connectivity index (χ1v) is 14.6. The van der Waals surface area contributed by atoms with Gasteiger partial charge in [0.2, 0.25) is 0 Å². The van der Waals surface area contributed by atoms with Crippen LogP contribution in [-0.2, 0) is 17.4 Å². The summed E-state index contributed by atoms with van der Waals surface area (Å²) in [5.74, 6) is 2.08. The van der Waals surface area contributed by atoms with E-state index >= 15 is 0 Å². The van der Waals surface area contributed by atoms with Gasteiger partial charge in [-0.1, -0.05) is 65.8 Å². The van der Waals surface area contributed by atoms with Gasteiger partial charge in [0.1, 0.15) is 24.4 Å². The third-order valence-electron chi connectivity index (χ3n) is 9.51. The number of nitrogens with zero attached hydrogens (tertiary/aromatic N) is 2. The van der Waals surface area contributed by atoms with Crippen LogP contribution >= 0.6 is 0 Å². The molecule has 4 heterocycles. The molecule has 2 aromatic carbocycles. The van der Waals surface area contributed by atoms with E-state index in [0.29, 0.717) is 11.8 Å². The van der Waals surface area contributed by atoms with Gasteiger partial charge in [0.25, 0.3) is 0 Å². The number of hydrogen-bond acceptors (Lipinski definition) is 3. The minimum atomic E-state index is -0.547. The zero-order valence-corrected chi connectivity index (χ0v) is 25.0. The third kappa shape index (κ3) is 5.02. The maximum Gasteiger partial charge on any atom is 0.131 e. The van der Waals surface area contributed by atoms with Crippen LogP contribution in [0.3, 0.4) is 0 Å². The number of methoxy groups -OCH3 is 1. The SMILES string of the molecule is C=CC1C[N+]2(Cc3cc(C(C)(C)C)c(OC)c(C(C)(C)C)c3)CCC1CC2[C@@H](O)c1ccnc2ccccc12. The second-order valence-electron chi connectivity index (χ2n) is 14.1. The Hall–Kier alpha value is -2.69. The highest BCUT2D eigenvalue weighted by Crippen LogP contribution is 2.49. The second kappa shape index (κ2) is 10.1. The number of pyridine rings is 1. The fraction of sp³-hybridized carbons (Fsp3) is 0.514. The number of ether oxygens (including phenoxy) is 1. The molecule has 0 radical (unpaired) electrons. The number of aliphatic hydroxyl groups excluding tert-OH is 1. The van der Waals surface area contributed by atoms with E-state index < -0.39 is 6.10 Å². The van der Waals surface area contributed by atoms with Crippen molar-refractivity contribution in [3.05, 3.63) is 83.6 Å². The lowest BCUT2D eigenvalue weighted by molar-refractivity contribution is -0.984. The Labute approximate surface area is 235 Å². The van der Waals surface area contributed by atoms with Gasteiger partial charge < -0.3 is 14.3 Å². The smallest absolute Gasteiger partial charge is 0.131 e. The van der Waals surface area contributed by atoms with Gasteiger partial charge in [0.15, 0.2) is 0 Å². The number of aromatic nitrogens is 1. The molecule has 0 aliphatic carbocycles. The number of piperidine rings is 3. The van der Waals surface area contributed by atoms with Crippen molar-refractivity contribution < 1.29 is 14.3 Å². The zero-order valence-electron chi connectivity index (χ0n) is 25.0. The van der Waals surface area contributed by atoms with Gasteiger partial charge in [-0.25, -0.2) is 0 Å². The number of rotatable bonds is 6. The summed E-state index contributed by atoms with van der Waals surface area (Å²) in [7, 11) is 1.80. The molecule has 6 rings (SSSR count). The molecule has 4 nitrogen and oxygen atoms in total. The zero-order chi connectivity index (χ0) is 28.2. The molecule has 0 saturated carbocycles. The predicted molar refractivity (Wildman–Crippen MR) is 161 cm³/mol. The molecule has 3 aliphatic rings. The number of quaternary nitrogens is 1. The van der Waals surface area contributed by atoms with Gasteiger partial charge in [-0.2, -0.15) is 0 Å². The lowest BCUT2D eigenvalue weighted by Gasteiger charge is -2.58. The Kier molecular flexibility index (Phi) is 7.18. The third-order valence-corrected chi connectivity index (χ3v) is 9.51. The van der Waals surface area contributed by atoms with E-state index in [9.17, 15) is 5.11 Å². The minimum absolute atomic E-state index is 0.0469. The van der Waals surface area contributed by atoms with Crippen molar-refractivity contribution in [2.24, 2.45) is 11.8 Å². The summed E-state index contributed by atoms with van der Waals surface area (Å²) >= 11 is 0. The normalized spacial score (nSPS) is 26.0. The molecule has 3 aliphatic heterocycles. The lowest BCUT2D eigenvalue weighted by Crippen LogP contribution is -2.67. The average molecular weight is 528 g/mol. The maximum absolute atomic E-state index is 12.1. The summed E-state index contributed by atoms with van der Waals surface area (Å²) in [6.45, 7) is 20.9. The maximum atomic E-state index is 12.1. The number of para-hydroxylation sites is 1. The second-order valence-corrected chi connectivity index (χ2v) is 14.1. The molecule has 3 fully saturated rings. The summed E-state index contributed by atoms with van der Waals surface area (Å²) in [5, 5.41) is 13.2. The quantitative estimate of drug-likeness (QED) is 0.267. The Morgan fingerprint density at radius 3 is 2.36 bits per heavy atom. The number of benzene rings is 2. The van der Waals surface area contributed by atoms with Gasteiger partial charge in [-0.15, -0.1) is 6.58 Å². The van der Waals surface area contributed by atoms with Crippen LogP contribution in [0.4, 0.5) is 0 Å². The van der Waals surface area contributed by atoms with Crippen LogP contribution in [0.2, 0.25) is 0 Å². The standard InChI is InChI=1S/C35H47N2O2/c1-9-24-22-37(21-23-18-28(34(2,3)4)33(39-8)29(19-23)35(5,6)7)17-15-25(24)20-31(37)32(38)27-14-16-36-30-13-11-10-12-26(27)30/h9-14,16,18-19,24-25,31-32,38H,1,15,17,20-22H2,2-8H3/q+1/t24?,25?,31?,32-,37?/m0/s1. The van der Waals surface area contributed by atoms with Crippen LogP contribution in [0.15, 0.2) is 61.3 Å². The fourth-order valence-electron chi connectivity index (χ4n) is 7.44. The molecular formula is C35H47N2O2+. The first-order valence-electron chi connectivity index (χ1n) is 14.6. The van der Waals surface area contributed by atoms with Crippen LogP contribution in [0.5, 0.6) is 5.75 Å². The summed E-state index contributed by atoms with van der Waals surface area (Å²) in [6.07, 6.45) is 5.68. The first-order chi connectivity index (χ1) is 18.4. The van der Waals surface area contributed by atoms with E-state index in [1.54, 1.807) is 7.11 Å². The predicted octanol–water partition coefficient (Wildman–Crippen LogP) is 7.48. The minimum Gasteiger partial charge on any atom is -0.496 e. The van der Waals surface area contributed by atoms with Crippen LogP contribution < -0.4 is 4.74 Å². The van der Waals surface area contributed by atoms with Crippen molar-refractivity contribution in [3.63, 3.8) is 0 Å². The Bertz CT molecular complexity index is 1320. The average Bonchev–Trinajstić information content (AvgIpc) is 2.90. The van der Waals surface area contributed by atoms with Crippen LogP contribution in [0.25, 0.3) is 10.9 Å². The highest BCUT2D eigenvalue weighted by Gasteiger charge is 2.54. The molecule has 4 unspecified atom stereocenters. The summed E-state index contributed by atoms with van der Waals surface area (Å²) < 4.78 is 6.96. The lowest BCUT2D eigenvalue weighted by atomic mass is 9.70. The van der Waals surface area contributed by atoms with Crippen LogP contribution in [0, 0.1) is 11.8 Å². The Morgan fingerprint density at radius 1 is 1.08 bits per heavy atom. The summed E-state index contributed by atoms with van der Waals surface area (Å²) in [6, 6.07) is 15.1. The molecule has 1 aromatic heterocycles. The van der Waals surface area contributed by atoms with Crippen molar-refractivity contribution in [2.75, 3.05) is 20.2 Å². The molecule has 3 saturated heterocycles. The van der Waals surface area contributed by atoms with Crippen molar-refractivity contribution >= 4 is 10.9 Å². The first kappa shape index (κ1) is 27.9. The molecule has 5 atom stereocenters. The topological polar surface area (TPSA) is 42.4 Å². The molecule has 208 valence electrons. The van der Waals surface area contributed by atoms with Crippen LogP contribution in [0.1, 0.15) is 82.7 Å². The van der Waals surface area contributed by atoms with Crippen molar-refractivity contribution in [1.29, 1.82) is 0 Å². The molecular weight excluding hydrogens is 480 g/mol. The Balaban J connectivity index is 1.62. The van der Waals surface area contributed by atoms with Gasteiger partial charge in [-0.3, -0.25) is 4.98 Å². The molecule has 4 heteroatoms. The molecule has 0 amide bonds. The molecule has 0 spiro atoms. The van der Waals surface area contributed by atoms with Crippen LogP contribution in [-0.4, -0.2) is 40.8 Å². The van der Waals surface area contributed by atoms with Gasteiger partial charge in [-0.05, 0) is 46.6 Å². The molecule has 3 aromatic rings.